The van der Waals surface area contributed by atoms with Gasteiger partial charge in [-0.3, -0.25) is 4.79 Å². The molecule has 1 aromatic heterocycles. The first-order chi connectivity index (χ1) is 12.4. The molecule has 2 aliphatic carbocycles. The van der Waals surface area contributed by atoms with Crippen molar-refractivity contribution in [3.05, 3.63) is 29.0 Å². The van der Waals surface area contributed by atoms with Crippen molar-refractivity contribution < 1.29 is 18.1 Å². The minimum Gasteiger partial charge on any atom is -0.334 e. The Balaban J connectivity index is 1.53. The molecule has 0 radical (unpaired) electrons. The number of alkyl halides is 2. The monoisotopic (exact) mass is 381 g/mol. The molecule has 2 saturated carbocycles. The van der Waals surface area contributed by atoms with Gasteiger partial charge in [0.15, 0.2) is 5.82 Å². The van der Waals surface area contributed by atoms with Crippen molar-refractivity contribution in [2.75, 3.05) is 5.32 Å². The summed E-state index contributed by atoms with van der Waals surface area (Å²) in [5.41, 5.74) is 1.02. The summed E-state index contributed by atoms with van der Waals surface area (Å²) in [6, 6.07) is 4.99. The Labute approximate surface area is 154 Å². The largest absolute Gasteiger partial charge is 0.334 e. The smallest absolute Gasteiger partial charge is 0.260 e. The number of hydrogen-bond donors (Lipinski definition) is 1. The van der Waals surface area contributed by atoms with Gasteiger partial charge in [-0.1, -0.05) is 16.8 Å². The summed E-state index contributed by atoms with van der Waals surface area (Å²) in [5, 5.41) is 7.24. The third kappa shape index (κ3) is 3.72. The van der Waals surface area contributed by atoms with Crippen molar-refractivity contribution >= 4 is 23.2 Å². The van der Waals surface area contributed by atoms with Crippen molar-refractivity contribution in [1.29, 1.82) is 0 Å². The van der Waals surface area contributed by atoms with E-state index in [1.165, 1.54) is 0 Å². The van der Waals surface area contributed by atoms with Gasteiger partial charge in [-0.25, -0.2) is 8.78 Å². The first-order valence-electron chi connectivity index (χ1n) is 8.73. The molecule has 0 spiro atoms. The fourth-order valence-electron chi connectivity index (χ4n) is 3.20. The molecule has 0 atom stereocenters. The van der Waals surface area contributed by atoms with E-state index in [0.29, 0.717) is 33.9 Å². The summed E-state index contributed by atoms with van der Waals surface area (Å²) in [6.45, 7) is 0. The quantitative estimate of drug-likeness (QED) is 0.806. The van der Waals surface area contributed by atoms with E-state index < -0.39 is 11.8 Å². The fourth-order valence-corrected chi connectivity index (χ4v) is 3.37. The van der Waals surface area contributed by atoms with Crippen LogP contribution in [0.5, 0.6) is 0 Å². The molecular weight excluding hydrogens is 364 g/mol. The second-order valence-electron chi connectivity index (χ2n) is 7.04. The molecule has 5 nitrogen and oxygen atoms in total. The normalized spacial score (nSPS) is 20.1. The van der Waals surface area contributed by atoms with Crippen LogP contribution in [-0.2, 0) is 4.79 Å². The molecule has 2 aromatic rings. The second-order valence-corrected chi connectivity index (χ2v) is 7.48. The standard InChI is InChI=1S/C18H18ClF2N3O2/c19-12-3-4-13(17-23-15(24-26-17)10-1-2-10)14(9-12)22-16(25)11-5-7-18(20,21)8-6-11/h3-4,9-11H,1-2,5-8H2,(H,22,25). The molecule has 0 saturated heterocycles. The maximum absolute atomic E-state index is 13.3. The lowest BCUT2D eigenvalue weighted by atomic mass is 9.86. The summed E-state index contributed by atoms with van der Waals surface area (Å²) in [4.78, 5) is 16.9. The molecule has 0 unspecified atom stereocenters. The number of anilines is 1. The second kappa shape index (κ2) is 6.61. The average molecular weight is 382 g/mol. The summed E-state index contributed by atoms with van der Waals surface area (Å²) in [6.07, 6.45) is 1.91. The van der Waals surface area contributed by atoms with Crippen LogP contribution < -0.4 is 5.32 Å². The Bertz CT molecular complexity index is 826. The number of benzene rings is 1. The molecule has 1 amide bonds. The summed E-state index contributed by atoms with van der Waals surface area (Å²) >= 11 is 6.06. The van der Waals surface area contributed by atoms with E-state index in [1.807, 2.05) is 0 Å². The maximum Gasteiger partial charge on any atom is 0.260 e. The third-order valence-electron chi connectivity index (χ3n) is 4.94. The lowest BCUT2D eigenvalue weighted by Gasteiger charge is -2.27. The lowest BCUT2D eigenvalue weighted by molar-refractivity contribution is -0.124. The lowest BCUT2D eigenvalue weighted by Crippen LogP contribution is -2.31. The molecule has 4 rings (SSSR count). The predicted octanol–water partition coefficient (Wildman–Crippen LogP) is 5.03. The van der Waals surface area contributed by atoms with E-state index in [1.54, 1.807) is 18.2 Å². The van der Waals surface area contributed by atoms with Gasteiger partial charge < -0.3 is 9.84 Å². The Morgan fingerprint density at radius 3 is 2.65 bits per heavy atom. The molecular formula is C18H18ClF2N3O2. The highest BCUT2D eigenvalue weighted by Crippen LogP contribution is 2.40. The number of nitrogens with zero attached hydrogens (tertiary/aromatic N) is 2. The van der Waals surface area contributed by atoms with E-state index in [9.17, 15) is 13.6 Å². The zero-order valence-electron chi connectivity index (χ0n) is 14.0. The molecule has 2 aliphatic rings. The van der Waals surface area contributed by atoms with Crippen LogP contribution in [0.4, 0.5) is 14.5 Å². The van der Waals surface area contributed by atoms with Crippen LogP contribution in [0.3, 0.4) is 0 Å². The van der Waals surface area contributed by atoms with E-state index >= 15 is 0 Å². The van der Waals surface area contributed by atoms with E-state index in [4.69, 9.17) is 16.1 Å². The molecule has 8 heteroatoms. The topological polar surface area (TPSA) is 68.0 Å². The zero-order chi connectivity index (χ0) is 18.3. The number of amides is 1. The highest BCUT2D eigenvalue weighted by Gasteiger charge is 2.37. The SMILES string of the molecule is O=C(Nc1cc(Cl)ccc1-c1nc(C2CC2)no1)C1CCC(F)(F)CC1. The van der Waals surface area contributed by atoms with Crippen molar-refractivity contribution in [3.8, 4) is 11.5 Å². The third-order valence-corrected chi connectivity index (χ3v) is 5.18. The molecule has 138 valence electrons. The molecule has 0 aliphatic heterocycles. The molecule has 2 fully saturated rings. The first kappa shape index (κ1) is 17.4. The van der Waals surface area contributed by atoms with Crippen LogP contribution in [0.15, 0.2) is 22.7 Å². The van der Waals surface area contributed by atoms with Crippen molar-refractivity contribution in [2.24, 2.45) is 5.92 Å². The number of rotatable bonds is 4. The van der Waals surface area contributed by atoms with Gasteiger partial charge in [0, 0.05) is 29.7 Å². The van der Waals surface area contributed by atoms with Gasteiger partial charge in [-0.15, -0.1) is 0 Å². The van der Waals surface area contributed by atoms with Gasteiger partial charge >= 0.3 is 0 Å². The van der Waals surface area contributed by atoms with Crippen molar-refractivity contribution in [3.63, 3.8) is 0 Å². The maximum atomic E-state index is 13.3. The Hall–Kier alpha value is -2.02. The highest BCUT2D eigenvalue weighted by molar-refractivity contribution is 6.31. The molecule has 26 heavy (non-hydrogen) atoms. The van der Waals surface area contributed by atoms with Crippen LogP contribution in [0.25, 0.3) is 11.5 Å². The van der Waals surface area contributed by atoms with Crippen LogP contribution in [0.1, 0.15) is 50.3 Å². The average Bonchev–Trinajstić information content (AvgIpc) is 3.33. The molecule has 1 heterocycles. The van der Waals surface area contributed by atoms with E-state index in [0.717, 1.165) is 12.8 Å². The minimum atomic E-state index is -2.67. The molecule has 1 N–H and O–H groups in total. The number of carbonyl (C=O) groups is 1. The van der Waals surface area contributed by atoms with Gasteiger partial charge in [-0.2, -0.15) is 4.98 Å². The minimum absolute atomic E-state index is 0.168. The molecule has 1 aromatic carbocycles. The van der Waals surface area contributed by atoms with Crippen LogP contribution in [0.2, 0.25) is 5.02 Å². The van der Waals surface area contributed by atoms with E-state index in [-0.39, 0.29) is 31.6 Å². The summed E-state index contributed by atoms with van der Waals surface area (Å²) in [7, 11) is 0. The Kier molecular flexibility index (Phi) is 4.42. The number of aromatic nitrogens is 2. The van der Waals surface area contributed by atoms with Crippen LogP contribution in [0, 0.1) is 5.92 Å². The van der Waals surface area contributed by atoms with Crippen LogP contribution in [-0.4, -0.2) is 22.0 Å². The van der Waals surface area contributed by atoms with Crippen molar-refractivity contribution in [2.45, 2.75) is 50.4 Å². The Morgan fingerprint density at radius 1 is 1.23 bits per heavy atom. The highest BCUT2D eigenvalue weighted by atomic mass is 35.5. The van der Waals surface area contributed by atoms with Crippen LogP contribution >= 0.6 is 11.6 Å². The van der Waals surface area contributed by atoms with E-state index in [2.05, 4.69) is 15.5 Å². The predicted molar refractivity (Wildman–Crippen MR) is 92.3 cm³/mol. The van der Waals surface area contributed by atoms with Gasteiger partial charge in [-0.05, 0) is 43.9 Å². The Morgan fingerprint density at radius 2 is 1.96 bits per heavy atom. The van der Waals surface area contributed by atoms with Gasteiger partial charge in [0.05, 0.1) is 11.3 Å². The number of carbonyl (C=O) groups excluding carboxylic acids is 1. The van der Waals surface area contributed by atoms with Gasteiger partial charge in [0.25, 0.3) is 5.89 Å². The van der Waals surface area contributed by atoms with Crippen molar-refractivity contribution in [1.82, 2.24) is 10.1 Å². The number of hydrogen-bond acceptors (Lipinski definition) is 4. The summed E-state index contributed by atoms with van der Waals surface area (Å²) in [5.74, 6) is -2.06. The zero-order valence-corrected chi connectivity index (χ0v) is 14.7. The number of halogens is 3. The fraction of sp³-hybridized carbons (Fsp3) is 0.500. The summed E-state index contributed by atoms with van der Waals surface area (Å²) < 4.78 is 31.9. The first-order valence-corrected chi connectivity index (χ1v) is 9.11. The molecule has 0 bridgehead atoms. The van der Waals surface area contributed by atoms with Gasteiger partial charge in [0.2, 0.25) is 11.8 Å². The number of nitrogens with one attached hydrogen (secondary N) is 1. The van der Waals surface area contributed by atoms with Gasteiger partial charge in [0.1, 0.15) is 0 Å².